The van der Waals surface area contributed by atoms with Crippen molar-refractivity contribution in [3.8, 4) is 11.1 Å². The van der Waals surface area contributed by atoms with Crippen molar-refractivity contribution in [1.29, 1.82) is 0 Å². The van der Waals surface area contributed by atoms with Crippen molar-refractivity contribution in [2.24, 2.45) is 0 Å². The van der Waals surface area contributed by atoms with Gasteiger partial charge in [-0.25, -0.2) is 0 Å². The molecule has 0 spiro atoms. The molecule has 3 rings (SSSR count). The quantitative estimate of drug-likeness (QED) is 0.434. The molecule has 0 saturated carbocycles. The highest BCUT2D eigenvalue weighted by Gasteiger charge is 2.33. The summed E-state index contributed by atoms with van der Waals surface area (Å²) < 4.78 is 13.9. The standard InChI is InChI=1S/C27H34O4P2/c1-18-16-25(24(27(5,6)7)17-23(18)26(2,3)4)33(30,31)22-14-10-20(11-15-22)19-8-12-21(13-9-19)32(28)29/h8-17,28-29H,1-7H3,(H,30,31). The molecule has 33 heavy (non-hydrogen) atoms. The minimum Gasteiger partial charge on any atom is -0.347 e. The van der Waals surface area contributed by atoms with Crippen LogP contribution in [0.15, 0.2) is 60.7 Å². The SMILES string of the molecule is Cc1cc(P(=O)(O)c2ccc(-c3ccc(P(O)O)cc3)cc2)c(C(C)(C)C)cc1C(C)(C)C. The van der Waals surface area contributed by atoms with Crippen molar-refractivity contribution in [3.05, 3.63) is 77.4 Å². The smallest absolute Gasteiger partial charge is 0.259 e. The Balaban J connectivity index is 2.07. The largest absolute Gasteiger partial charge is 0.347 e. The molecule has 0 fully saturated rings. The van der Waals surface area contributed by atoms with Crippen molar-refractivity contribution < 1.29 is 19.2 Å². The van der Waals surface area contributed by atoms with Crippen molar-refractivity contribution in [2.75, 3.05) is 0 Å². The zero-order valence-electron chi connectivity index (χ0n) is 20.4. The second-order valence-electron chi connectivity index (χ2n) is 10.6. The Kier molecular flexibility index (Phi) is 7.12. The predicted molar refractivity (Wildman–Crippen MR) is 141 cm³/mol. The molecule has 176 valence electrons. The van der Waals surface area contributed by atoms with Crippen molar-refractivity contribution >= 4 is 31.7 Å². The summed E-state index contributed by atoms with van der Waals surface area (Å²) in [4.78, 5) is 30.1. The normalized spacial score (nSPS) is 14.4. The molecule has 3 aromatic rings. The van der Waals surface area contributed by atoms with Crippen LogP contribution in [0.5, 0.6) is 0 Å². The van der Waals surface area contributed by atoms with E-state index in [-0.39, 0.29) is 10.8 Å². The highest BCUT2D eigenvalue weighted by atomic mass is 31.2. The number of hydrogen-bond donors (Lipinski definition) is 3. The number of hydrogen-bond acceptors (Lipinski definition) is 3. The summed E-state index contributed by atoms with van der Waals surface area (Å²) in [6, 6.07) is 18.1. The van der Waals surface area contributed by atoms with E-state index in [0.29, 0.717) is 15.9 Å². The van der Waals surface area contributed by atoms with Gasteiger partial charge in [0.15, 0.2) is 8.38 Å². The molecule has 4 nitrogen and oxygen atoms in total. The molecular formula is C27H34O4P2. The van der Waals surface area contributed by atoms with Gasteiger partial charge < -0.3 is 14.7 Å². The molecule has 0 saturated heterocycles. The molecule has 0 aromatic heterocycles. The van der Waals surface area contributed by atoms with E-state index in [1.54, 1.807) is 24.3 Å². The monoisotopic (exact) mass is 484 g/mol. The Labute approximate surface area is 198 Å². The first kappa shape index (κ1) is 25.8. The first-order valence-electron chi connectivity index (χ1n) is 11.0. The van der Waals surface area contributed by atoms with Gasteiger partial charge in [0.05, 0.1) is 0 Å². The van der Waals surface area contributed by atoms with Crippen LogP contribution in [0.2, 0.25) is 0 Å². The molecule has 0 bridgehead atoms. The third kappa shape index (κ3) is 5.48. The van der Waals surface area contributed by atoms with Crippen molar-refractivity contribution in [3.63, 3.8) is 0 Å². The lowest BCUT2D eigenvalue weighted by atomic mass is 9.79. The van der Waals surface area contributed by atoms with Crippen LogP contribution in [0.3, 0.4) is 0 Å². The van der Waals surface area contributed by atoms with Gasteiger partial charge in [0, 0.05) is 15.9 Å². The van der Waals surface area contributed by atoms with Crippen LogP contribution in [0, 0.1) is 6.92 Å². The molecule has 1 unspecified atom stereocenters. The summed E-state index contributed by atoms with van der Waals surface area (Å²) in [6.45, 7) is 14.7. The van der Waals surface area contributed by atoms with Gasteiger partial charge in [-0.05, 0) is 75.9 Å². The molecule has 0 aliphatic carbocycles. The molecule has 0 amide bonds. The Hall–Kier alpha value is -1.80. The molecule has 3 N–H and O–H groups in total. The van der Waals surface area contributed by atoms with E-state index in [1.807, 2.05) is 37.3 Å². The fourth-order valence-corrected chi connectivity index (χ4v) is 6.48. The van der Waals surface area contributed by atoms with Gasteiger partial charge in [-0.1, -0.05) is 71.9 Å². The summed E-state index contributed by atoms with van der Waals surface area (Å²) in [5, 5.41) is 1.37. The van der Waals surface area contributed by atoms with E-state index in [4.69, 9.17) is 0 Å². The van der Waals surface area contributed by atoms with E-state index in [9.17, 15) is 19.2 Å². The van der Waals surface area contributed by atoms with Crippen LogP contribution in [0.25, 0.3) is 11.1 Å². The lowest BCUT2D eigenvalue weighted by Crippen LogP contribution is -2.29. The zero-order chi connectivity index (χ0) is 24.8. The van der Waals surface area contributed by atoms with E-state index in [2.05, 4.69) is 47.6 Å². The summed E-state index contributed by atoms with van der Waals surface area (Å²) in [5.74, 6) is 0. The molecule has 0 heterocycles. The van der Waals surface area contributed by atoms with Crippen LogP contribution in [0.4, 0.5) is 0 Å². The Morgan fingerprint density at radius 1 is 0.727 bits per heavy atom. The van der Waals surface area contributed by atoms with Crippen molar-refractivity contribution in [1.82, 2.24) is 0 Å². The van der Waals surface area contributed by atoms with Crippen molar-refractivity contribution in [2.45, 2.75) is 59.3 Å². The van der Waals surface area contributed by atoms with E-state index in [0.717, 1.165) is 22.3 Å². The third-order valence-electron chi connectivity index (χ3n) is 5.93. The summed E-state index contributed by atoms with van der Waals surface area (Å²) >= 11 is 0. The minimum atomic E-state index is -3.83. The second kappa shape index (κ2) is 9.10. The van der Waals surface area contributed by atoms with Gasteiger partial charge in [0.1, 0.15) is 0 Å². The first-order chi connectivity index (χ1) is 15.1. The van der Waals surface area contributed by atoms with Gasteiger partial charge >= 0.3 is 0 Å². The molecular weight excluding hydrogens is 450 g/mol. The highest BCUT2D eigenvalue weighted by molar-refractivity contribution is 7.73. The molecule has 0 aliphatic heterocycles. The Morgan fingerprint density at radius 3 is 1.61 bits per heavy atom. The Bertz CT molecular complexity index is 1180. The number of rotatable bonds is 4. The van der Waals surface area contributed by atoms with E-state index < -0.39 is 15.7 Å². The van der Waals surface area contributed by atoms with Crippen LogP contribution < -0.4 is 15.9 Å². The highest BCUT2D eigenvalue weighted by Crippen LogP contribution is 2.44. The summed E-state index contributed by atoms with van der Waals surface area (Å²) in [7, 11) is -5.95. The average Bonchev–Trinajstić information content (AvgIpc) is 2.72. The maximum Gasteiger partial charge on any atom is 0.259 e. The summed E-state index contributed by atoms with van der Waals surface area (Å²) in [6.07, 6.45) is 0. The second-order valence-corrected chi connectivity index (χ2v) is 13.9. The lowest BCUT2D eigenvalue weighted by Gasteiger charge is -2.30. The summed E-state index contributed by atoms with van der Waals surface area (Å²) in [5.41, 5.74) is 4.53. The van der Waals surface area contributed by atoms with Gasteiger partial charge in [0.2, 0.25) is 0 Å². The van der Waals surface area contributed by atoms with Gasteiger partial charge in [0.25, 0.3) is 7.37 Å². The van der Waals surface area contributed by atoms with E-state index in [1.165, 1.54) is 5.56 Å². The fourth-order valence-electron chi connectivity index (χ4n) is 4.13. The van der Waals surface area contributed by atoms with Crippen LogP contribution in [-0.2, 0) is 15.4 Å². The topological polar surface area (TPSA) is 77.8 Å². The molecule has 3 aromatic carbocycles. The molecule has 0 radical (unpaired) electrons. The van der Waals surface area contributed by atoms with E-state index >= 15 is 0 Å². The average molecular weight is 485 g/mol. The predicted octanol–water partition coefficient (Wildman–Crippen LogP) is 5.40. The van der Waals surface area contributed by atoms with Crippen LogP contribution in [-0.4, -0.2) is 14.7 Å². The lowest BCUT2D eigenvalue weighted by molar-refractivity contribution is 0.496. The van der Waals surface area contributed by atoms with Gasteiger partial charge in [-0.15, -0.1) is 0 Å². The fraction of sp³-hybridized carbons (Fsp3) is 0.333. The molecule has 6 heteroatoms. The first-order valence-corrected chi connectivity index (χ1v) is 13.9. The number of benzene rings is 3. The van der Waals surface area contributed by atoms with Crippen LogP contribution in [0.1, 0.15) is 58.2 Å². The maximum atomic E-state index is 13.9. The maximum absolute atomic E-state index is 13.9. The Morgan fingerprint density at radius 2 is 1.18 bits per heavy atom. The van der Waals surface area contributed by atoms with Gasteiger partial charge in [-0.3, -0.25) is 4.57 Å². The van der Waals surface area contributed by atoms with Gasteiger partial charge in [-0.2, -0.15) is 0 Å². The zero-order valence-corrected chi connectivity index (χ0v) is 22.2. The van der Waals surface area contributed by atoms with Crippen LogP contribution >= 0.6 is 15.7 Å². The number of aryl methyl sites for hydroxylation is 1. The minimum absolute atomic E-state index is 0.0630. The molecule has 0 aliphatic rings. The molecule has 1 atom stereocenters. The third-order valence-corrected chi connectivity index (χ3v) is 8.72.